The van der Waals surface area contributed by atoms with Crippen LogP contribution in [0.1, 0.15) is 0 Å². The summed E-state index contributed by atoms with van der Waals surface area (Å²) in [5, 5.41) is 16.6. The van der Waals surface area contributed by atoms with E-state index in [4.69, 9.17) is 10.2 Å². The molecule has 1 rings (SSSR count). The molecule has 0 saturated carbocycles. The van der Waals surface area contributed by atoms with Crippen LogP contribution in [-0.2, 0) is 23.9 Å². The second-order valence-corrected chi connectivity index (χ2v) is 2.04. The van der Waals surface area contributed by atoms with Gasteiger partial charge in [-0.1, -0.05) is 0 Å². The number of carbonyl (C=O) groups excluding carboxylic acids is 2. The Hall–Kier alpha value is -1.92. The number of carboxylic acids is 2. The Labute approximate surface area is 64.5 Å². The number of hydrogen-bond acceptors (Lipinski definition) is 5. The largest absolute Gasteiger partial charge is 0.480 e. The Morgan fingerprint density at radius 3 is 1.50 bits per heavy atom. The van der Waals surface area contributed by atoms with Gasteiger partial charge in [0.15, 0.2) is 0 Å². The van der Waals surface area contributed by atoms with Crippen LogP contribution in [0.2, 0.25) is 0 Å². The lowest BCUT2D eigenvalue weighted by atomic mass is 9.84. The number of esters is 2. The number of ether oxygens (including phenoxy) is 1. The van der Waals surface area contributed by atoms with Crippen molar-refractivity contribution in [2.24, 2.45) is 5.41 Å². The maximum atomic E-state index is 10.4. The van der Waals surface area contributed by atoms with Gasteiger partial charge in [0, 0.05) is 0 Å². The highest BCUT2D eigenvalue weighted by atomic mass is 16.6. The lowest BCUT2D eigenvalue weighted by Crippen LogP contribution is -2.63. The van der Waals surface area contributed by atoms with Gasteiger partial charge >= 0.3 is 29.3 Å². The highest BCUT2D eigenvalue weighted by molar-refractivity contribution is 6.39. The molecule has 0 aliphatic carbocycles. The summed E-state index contributed by atoms with van der Waals surface area (Å²) in [5.41, 5.74) is -3.03. The Morgan fingerprint density at radius 1 is 1.08 bits per heavy atom. The molecule has 0 aromatic rings. The van der Waals surface area contributed by atoms with E-state index in [0.29, 0.717) is 0 Å². The van der Waals surface area contributed by atoms with Gasteiger partial charge in [0.2, 0.25) is 0 Å². The summed E-state index contributed by atoms with van der Waals surface area (Å²) < 4.78 is 3.64. The molecule has 1 saturated heterocycles. The minimum absolute atomic E-state index is 1.56. The second kappa shape index (κ2) is 2.03. The van der Waals surface area contributed by atoms with Crippen LogP contribution in [-0.4, -0.2) is 34.1 Å². The standard InChI is InChI=1S/C5H2O7/c6-1(7)5(2(8)9)3(10)12-4(5)11/h(H,6,7)(H,8,9). The van der Waals surface area contributed by atoms with E-state index in [1.54, 1.807) is 0 Å². The van der Waals surface area contributed by atoms with Crippen LogP contribution < -0.4 is 0 Å². The number of rotatable bonds is 2. The predicted octanol–water partition coefficient (Wildman–Crippen LogP) is -1.77. The third-order valence-electron chi connectivity index (χ3n) is 1.44. The molecular formula is C5H2O7. The fourth-order valence-corrected chi connectivity index (χ4v) is 0.715. The molecular weight excluding hydrogens is 172 g/mol. The zero-order valence-electron chi connectivity index (χ0n) is 5.44. The molecule has 64 valence electrons. The molecule has 12 heavy (non-hydrogen) atoms. The van der Waals surface area contributed by atoms with Gasteiger partial charge in [0.1, 0.15) is 0 Å². The lowest BCUT2D eigenvalue weighted by Gasteiger charge is -2.27. The molecule has 0 aromatic carbocycles. The monoisotopic (exact) mass is 174 g/mol. The van der Waals surface area contributed by atoms with E-state index >= 15 is 0 Å². The highest BCUT2D eigenvalue weighted by Gasteiger charge is 2.72. The maximum Gasteiger partial charge on any atom is 0.356 e. The molecule has 0 aromatic heterocycles. The van der Waals surface area contributed by atoms with E-state index in [0.717, 1.165) is 0 Å². The first kappa shape index (κ1) is 8.18. The number of cyclic esters (lactones) is 2. The topological polar surface area (TPSA) is 118 Å². The average molecular weight is 174 g/mol. The van der Waals surface area contributed by atoms with Crippen molar-refractivity contribution in [1.29, 1.82) is 0 Å². The van der Waals surface area contributed by atoms with Crippen LogP contribution in [0.4, 0.5) is 0 Å². The van der Waals surface area contributed by atoms with Crippen molar-refractivity contribution < 1.29 is 34.1 Å². The molecule has 1 heterocycles. The normalized spacial score (nSPS) is 19.3. The number of carboxylic acid groups (broad SMARTS) is 2. The van der Waals surface area contributed by atoms with Crippen molar-refractivity contribution in [1.82, 2.24) is 0 Å². The summed E-state index contributed by atoms with van der Waals surface area (Å²) in [6.07, 6.45) is 0. The van der Waals surface area contributed by atoms with E-state index in [1.807, 2.05) is 0 Å². The van der Waals surface area contributed by atoms with Crippen molar-refractivity contribution in [3.63, 3.8) is 0 Å². The van der Waals surface area contributed by atoms with Crippen LogP contribution in [0.15, 0.2) is 0 Å². The van der Waals surface area contributed by atoms with Gasteiger partial charge in [-0.15, -0.1) is 0 Å². The minimum Gasteiger partial charge on any atom is -0.480 e. The fourth-order valence-electron chi connectivity index (χ4n) is 0.715. The van der Waals surface area contributed by atoms with Crippen LogP contribution in [0.3, 0.4) is 0 Å². The summed E-state index contributed by atoms with van der Waals surface area (Å²) in [4.78, 5) is 41.4. The molecule has 0 radical (unpaired) electrons. The van der Waals surface area contributed by atoms with Gasteiger partial charge in [-0.25, -0.2) is 19.2 Å². The van der Waals surface area contributed by atoms with E-state index in [-0.39, 0.29) is 0 Å². The summed E-state index contributed by atoms with van der Waals surface area (Å²) >= 11 is 0. The van der Waals surface area contributed by atoms with Crippen LogP contribution >= 0.6 is 0 Å². The first-order valence-corrected chi connectivity index (χ1v) is 2.67. The summed E-state index contributed by atoms with van der Waals surface area (Å²) in [6.45, 7) is 0. The van der Waals surface area contributed by atoms with Crippen molar-refractivity contribution in [2.45, 2.75) is 0 Å². The molecule has 0 atom stereocenters. The third kappa shape index (κ3) is 0.595. The number of carbonyl (C=O) groups is 4. The average Bonchev–Trinajstić information content (AvgIpc) is 1.84. The molecule has 1 aliphatic rings. The molecule has 7 heteroatoms. The Balaban J connectivity index is 3.20. The Kier molecular flexibility index (Phi) is 1.39. The fraction of sp³-hybridized carbons (Fsp3) is 0.200. The van der Waals surface area contributed by atoms with Crippen LogP contribution in [0.5, 0.6) is 0 Å². The number of aliphatic carboxylic acids is 2. The smallest absolute Gasteiger partial charge is 0.356 e. The van der Waals surface area contributed by atoms with E-state index in [9.17, 15) is 19.2 Å². The van der Waals surface area contributed by atoms with Crippen molar-refractivity contribution in [3.05, 3.63) is 0 Å². The van der Waals surface area contributed by atoms with Crippen LogP contribution in [0, 0.1) is 5.41 Å². The third-order valence-corrected chi connectivity index (χ3v) is 1.44. The minimum atomic E-state index is -3.03. The molecule has 7 nitrogen and oxygen atoms in total. The molecule has 2 N–H and O–H groups in total. The molecule has 0 bridgehead atoms. The van der Waals surface area contributed by atoms with E-state index < -0.39 is 29.3 Å². The first-order chi connectivity index (χ1) is 5.44. The summed E-state index contributed by atoms with van der Waals surface area (Å²) in [5.74, 6) is -7.19. The van der Waals surface area contributed by atoms with Gasteiger partial charge < -0.3 is 14.9 Å². The van der Waals surface area contributed by atoms with Gasteiger partial charge in [-0.2, -0.15) is 0 Å². The zero-order valence-corrected chi connectivity index (χ0v) is 5.44. The molecule has 0 unspecified atom stereocenters. The van der Waals surface area contributed by atoms with Crippen molar-refractivity contribution >= 4 is 23.9 Å². The van der Waals surface area contributed by atoms with E-state index in [2.05, 4.69) is 4.74 Å². The second-order valence-electron chi connectivity index (χ2n) is 2.04. The quantitative estimate of drug-likeness (QED) is 0.375. The summed E-state index contributed by atoms with van der Waals surface area (Å²) in [7, 11) is 0. The SMILES string of the molecule is O=C(O)C1(C(=O)O)C(=O)OC1=O. The molecule has 0 amide bonds. The van der Waals surface area contributed by atoms with Gasteiger partial charge in [-0.3, -0.25) is 0 Å². The number of hydrogen-bond donors (Lipinski definition) is 2. The van der Waals surface area contributed by atoms with Crippen LogP contribution in [0.25, 0.3) is 0 Å². The van der Waals surface area contributed by atoms with Crippen molar-refractivity contribution in [3.8, 4) is 0 Å². The lowest BCUT2D eigenvalue weighted by molar-refractivity contribution is -0.206. The molecule has 1 aliphatic heterocycles. The first-order valence-electron chi connectivity index (χ1n) is 2.67. The Morgan fingerprint density at radius 2 is 1.42 bits per heavy atom. The molecule has 0 spiro atoms. The van der Waals surface area contributed by atoms with Gasteiger partial charge in [0.25, 0.3) is 0 Å². The van der Waals surface area contributed by atoms with Crippen molar-refractivity contribution in [2.75, 3.05) is 0 Å². The maximum absolute atomic E-state index is 10.4. The summed E-state index contributed by atoms with van der Waals surface area (Å²) in [6, 6.07) is 0. The van der Waals surface area contributed by atoms with Gasteiger partial charge in [-0.05, 0) is 0 Å². The highest BCUT2D eigenvalue weighted by Crippen LogP contribution is 2.31. The zero-order chi connectivity index (χ0) is 9.52. The van der Waals surface area contributed by atoms with Gasteiger partial charge in [0.05, 0.1) is 0 Å². The van der Waals surface area contributed by atoms with E-state index in [1.165, 1.54) is 0 Å². The predicted molar refractivity (Wildman–Crippen MR) is 28.8 cm³/mol. The molecule has 1 fully saturated rings. The Bertz CT molecular complexity index is 251.